The third-order valence-corrected chi connectivity index (χ3v) is 4.47. The lowest BCUT2D eigenvalue weighted by atomic mass is 9.97. The van der Waals surface area contributed by atoms with E-state index in [1.165, 1.54) is 0 Å². The quantitative estimate of drug-likeness (QED) is 0.755. The molecular weight excluding hydrogens is 292 g/mol. The SMILES string of the molecule is NCC1(NCC(O)c2ccc(Br)s2)COC1. The molecule has 6 heteroatoms. The molecule has 1 atom stereocenters. The summed E-state index contributed by atoms with van der Waals surface area (Å²) in [6.45, 7) is 2.30. The Balaban J connectivity index is 1.86. The summed E-state index contributed by atoms with van der Waals surface area (Å²) in [5.74, 6) is 0. The first kappa shape index (κ1) is 12.5. The standard InChI is InChI=1S/C10H15BrN2O2S/c11-9-2-1-8(16-9)7(14)3-13-10(4-12)5-15-6-10/h1-2,7,13-14H,3-6,12H2. The predicted octanol–water partition coefficient (Wildman–Crippen LogP) is 0.861. The third kappa shape index (κ3) is 2.64. The second-order valence-electron chi connectivity index (χ2n) is 4.02. The van der Waals surface area contributed by atoms with E-state index in [9.17, 15) is 5.11 Å². The monoisotopic (exact) mass is 306 g/mol. The smallest absolute Gasteiger partial charge is 0.101 e. The summed E-state index contributed by atoms with van der Waals surface area (Å²) in [4.78, 5) is 0.951. The lowest BCUT2D eigenvalue weighted by Gasteiger charge is -2.41. The van der Waals surface area contributed by atoms with Crippen LogP contribution in [0.1, 0.15) is 11.0 Å². The van der Waals surface area contributed by atoms with E-state index in [1.54, 1.807) is 11.3 Å². The van der Waals surface area contributed by atoms with Gasteiger partial charge in [0.15, 0.2) is 0 Å². The Labute approximate surface area is 107 Å². The lowest BCUT2D eigenvalue weighted by Crippen LogP contribution is -2.65. The van der Waals surface area contributed by atoms with E-state index in [0.29, 0.717) is 26.3 Å². The van der Waals surface area contributed by atoms with Crippen molar-refractivity contribution in [2.75, 3.05) is 26.3 Å². The predicted molar refractivity (Wildman–Crippen MR) is 67.6 cm³/mol. The lowest BCUT2D eigenvalue weighted by molar-refractivity contribution is -0.0727. The fourth-order valence-electron chi connectivity index (χ4n) is 1.56. The highest BCUT2D eigenvalue weighted by Gasteiger charge is 2.37. The van der Waals surface area contributed by atoms with Crippen molar-refractivity contribution in [2.45, 2.75) is 11.6 Å². The average Bonchev–Trinajstić information content (AvgIpc) is 2.64. The van der Waals surface area contributed by atoms with E-state index >= 15 is 0 Å². The van der Waals surface area contributed by atoms with Crippen molar-refractivity contribution in [3.05, 3.63) is 20.8 Å². The van der Waals surface area contributed by atoms with Crippen LogP contribution in [0.5, 0.6) is 0 Å². The molecule has 1 aliphatic rings. The molecule has 0 aromatic carbocycles. The van der Waals surface area contributed by atoms with E-state index in [-0.39, 0.29) is 5.54 Å². The van der Waals surface area contributed by atoms with Crippen molar-refractivity contribution in [2.24, 2.45) is 5.73 Å². The Kier molecular flexibility index (Phi) is 3.99. The first-order valence-electron chi connectivity index (χ1n) is 5.11. The molecule has 2 heterocycles. The van der Waals surface area contributed by atoms with Gasteiger partial charge in [0.2, 0.25) is 0 Å². The van der Waals surface area contributed by atoms with Crippen molar-refractivity contribution >= 4 is 27.3 Å². The van der Waals surface area contributed by atoms with Crippen LogP contribution in [0.25, 0.3) is 0 Å². The Morgan fingerprint density at radius 3 is 2.81 bits per heavy atom. The summed E-state index contributed by atoms with van der Waals surface area (Å²) in [6.07, 6.45) is -0.486. The molecule has 0 saturated carbocycles. The molecule has 0 radical (unpaired) electrons. The molecule has 2 rings (SSSR count). The zero-order chi connectivity index (χ0) is 11.6. The number of nitrogens with one attached hydrogen (secondary N) is 1. The van der Waals surface area contributed by atoms with Gasteiger partial charge in [-0.1, -0.05) is 0 Å². The molecule has 90 valence electrons. The summed E-state index contributed by atoms with van der Waals surface area (Å²) < 4.78 is 6.17. The number of nitrogens with two attached hydrogens (primary N) is 1. The van der Waals surface area contributed by atoms with Gasteiger partial charge >= 0.3 is 0 Å². The fraction of sp³-hybridized carbons (Fsp3) is 0.600. The number of rotatable bonds is 5. The zero-order valence-corrected chi connectivity index (χ0v) is 11.2. The number of halogens is 1. The molecule has 16 heavy (non-hydrogen) atoms. The van der Waals surface area contributed by atoms with Crippen LogP contribution in [0.15, 0.2) is 15.9 Å². The van der Waals surface area contributed by atoms with Gasteiger partial charge in [-0.25, -0.2) is 0 Å². The normalized spacial score (nSPS) is 20.4. The summed E-state index contributed by atoms with van der Waals surface area (Å²) in [5.41, 5.74) is 5.54. The maximum absolute atomic E-state index is 9.96. The summed E-state index contributed by atoms with van der Waals surface area (Å²) in [6, 6.07) is 3.86. The maximum atomic E-state index is 9.96. The highest BCUT2D eigenvalue weighted by molar-refractivity contribution is 9.11. The highest BCUT2D eigenvalue weighted by atomic mass is 79.9. The van der Waals surface area contributed by atoms with Crippen molar-refractivity contribution < 1.29 is 9.84 Å². The number of thiophene rings is 1. The molecular formula is C10H15BrN2O2S. The van der Waals surface area contributed by atoms with Crippen LogP contribution in [-0.2, 0) is 4.74 Å². The minimum absolute atomic E-state index is 0.129. The van der Waals surface area contributed by atoms with Crippen LogP contribution >= 0.6 is 27.3 Å². The van der Waals surface area contributed by atoms with Gasteiger partial charge < -0.3 is 20.9 Å². The van der Waals surface area contributed by atoms with Crippen molar-refractivity contribution in [3.8, 4) is 0 Å². The average molecular weight is 307 g/mol. The van der Waals surface area contributed by atoms with Crippen LogP contribution < -0.4 is 11.1 Å². The number of ether oxygens (including phenoxy) is 1. The van der Waals surface area contributed by atoms with Gasteiger partial charge in [0.05, 0.1) is 22.5 Å². The molecule has 1 saturated heterocycles. The molecule has 1 aliphatic heterocycles. The highest BCUT2D eigenvalue weighted by Crippen LogP contribution is 2.27. The number of aliphatic hydroxyl groups is 1. The minimum atomic E-state index is -0.486. The summed E-state index contributed by atoms with van der Waals surface area (Å²) in [5, 5.41) is 13.2. The minimum Gasteiger partial charge on any atom is -0.386 e. The Morgan fingerprint density at radius 2 is 2.38 bits per heavy atom. The van der Waals surface area contributed by atoms with E-state index < -0.39 is 6.10 Å². The van der Waals surface area contributed by atoms with Gasteiger partial charge in [-0.05, 0) is 28.1 Å². The number of hydrogen-bond donors (Lipinski definition) is 3. The number of hydrogen-bond acceptors (Lipinski definition) is 5. The topological polar surface area (TPSA) is 67.5 Å². The van der Waals surface area contributed by atoms with Crippen LogP contribution in [-0.4, -0.2) is 36.9 Å². The largest absolute Gasteiger partial charge is 0.386 e. The second kappa shape index (κ2) is 5.12. The molecule has 1 unspecified atom stereocenters. The van der Waals surface area contributed by atoms with E-state index in [4.69, 9.17) is 10.5 Å². The summed E-state index contributed by atoms with van der Waals surface area (Å²) >= 11 is 4.92. The molecule has 4 nitrogen and oxygen atoms in total. The van der Waals surface area contributed by atoms with Crippen molar-refractivity contribution in [3.63, 3.8) is 0 Å². The molecule has 0 bridgehead atoms. The Hall–Kier alpha value is 0.0200. The van der Waals surface area contributed by atoms with Crippen molar-refractivity contribution in [1.82, 2.24) is 5.32 Å². The molecule has 0 aliphatic carbocycles. The molecule has 0 amide bonds. The molecule has 0 spiro atoms. The van der Waals surface area contributed by atoms with Gasteiger partial charge in [0.1, 0.15) is 6.10 Å². The van der Waals surface area contributed by atoms with Gasteiger partial charge in [-0.3, -0.25) is 0 Å². The summed E-state index contributed by atoms with van der Waals surface area (Å²) in [7, 11) is 0. The molecule has 1 aromatic heterocycles. The number of β-amino-alcohol motifs (C(OH)–C–C–N with tert-alkyl or cyclic N) is 1. The Bertz CT molecular complexity index is 349. The van der Waals surface area contributed by atoms with Crippen LogP contribution in [0.3, 0.4) is 0 Å². The van der Waals surface area contributed by atoms with Crippen LogP contribution in [0, 0.1) is 0 Å². The van der Waals surface area contributed by atoms with E-state index in [2.05, 4.69) is 21.2 Å². The van der Waals surface area contributed by atoms with Crippen molar-refractivity contribution in [1.29, 1.82) is 0 Å². The van der Waals surface area contributed by atoms with Gasteiger partial charge in [0, 0.05) is 18.0 Å². The van der Waals surface area contributed by atoms with Gasteiger partial charge in [0.25, 0.3) is 0 Å². The van der Waals surface area contributed by atoms with Crippen LogP contribution in [0.2, 0.25) is 0 Å². The number of aliphatic hydroxyl groups excluding tert-OH is 1. The Morgan fingerprint density at radius 1 is 1.62 bits per heavy atom. The zero-order valence-electron chi connectivity index (χ0n) is 8.78. The molecule has 1 aromatic rings. The maximum Gasteiger partial charge on any atom is 0.101 e. The van der Waals surface area contributed by atoms with Gasteiger partial charge in [-0.2, -0.15) is 0 Å². The van der Waals surface area contributed by atoms with E-state index in [0.717, 1.165) is 8.66 Å². The van der Waals surface area contributed by atoms with E-state index in [1.807, 2.05) is 12.1 Å². The second-order valence-corrected chi connectivity index (χ2v) is 6.51. The van der Waals surface area contributed by atoms with Crippen LogP contribution in [0.4, 0.5) is 0 Å². The van der Waals surface area contributed by atoms with Gasteiger partial charge in [-0.15, -0.1) is 11.3 Å². The first-order chi connectivity index (χ1) is 7.65. The third-order valence-electron chi connectivity index (χ3n) is 2.74. The first-order valence-corrected chi connectivity index (χ1v) is 6.72. The fourth-order valence-corrected chi connectivity index (χ4v) is 2.97. The molecule has 1 fully saturated rings. The molecule has 4 N–H and O–H groups in total.